The fraction of sp³-hybridized carbons (Fsp3) is 1.00. The highest BCUT2D eigenvalue weighted by Gasteiger charge is 2.14. The first-order chi connectivity index (χ1) is 10.7. The van der Waals surface area contributed by atoms with E-state index in [-0.39, 0.29) is 0 Å². The van der Waals surface area contributed by atoms with Gasteiger partial charge in [0, 0.05) is 32.2 Å². The fourth-order valence-corrected chi connectivity index (χ4v) is 3.33. The Labute approximate surface area is 140 Å². The summed E-state index contributed by atoms with van der Waals surface area (Å²) in [5, 5.41) is 0. The van der Waals surface area contributed by atoms with Crippen molar-refractivity contribution in [3.8, 4) is 0 Å². The van der Waals surface area contributed by atoms with Gasteiger partial charge in [0.25, 0.3) is 0 Å². The van der Waals surface area contributed by atoms with E-state index in [1.54, 1.807) is 0 Å². The number of likely N-dealkylation sites (N-methyl/N-ethyl adjacent to an activating group) is 1. The van der Waals surface area contributed by atoms with Crippen molar-refractivity contribution >= 4 is 0 Å². The van der Waals surface area contributed by atoms with Crippen molar-refractivity contribution in [1.29, 1.82) is 0 Å². The van der Waals surface area contributed by atoms with E-state index < -0.39 is 0 Å². The average molecular weight is 312 g/mol. The second-order valence-corrected chi connectivity index (χ2v) is 6.98. The Bertz CT molecular complexity index is 243. The molecule has 0 aliphatic carbocycles. The summed E-state index contributed by atoms with van der Waals surface area (Å²) in [6, 6.07) is 0.820. The minimum absolute atomic E-state index is 0.820. The van der Waals surface area contributed by atoms with Crippen LogP contribution in [-0.4, -0.2) is 73.1 Å². The largest absolute Gasteiger partial charge is 0.301 e. The van der Waals surface area contributed by atoms with Crippen molar-refractivity contribution < 1.29 is 0 Å². The van der Waals surface area contributed by atoms with Crippen molar-refractivity contribution in [2.45, 2.75) is 72.3 Å². The Morgan fingerprint density at radius 3 is 1.86 bits per heavy atom. The Kier molecular flexibility index (Phi) is 11.2. The van der Waals surface area contributed by atoms with E-state index in [1.807, 2.05) is 0 Å². The Hall–Kier alpha value is -0.120. The molecule has 0 aromatic rings. The molecule has 22 heavy (non-hydrogen) atoms. The molecule has 1 unspecified atom stereocenters. The van der Waals surface area contributed by atoms with Crippen molar-refractivity contribution in [3.63, 3.8) is 0 Å². The zero-order valence-corrected chi connectivity index (χ0v) is 15.8. The van der Waals surface area contributed by atoms with E-state index in [0.717, 1.165) is 6.04 Å². The van der Waals surface area contributed by atoms with Crippen LogP contribution in [0.15, 0.2) is 0 Å². The predicted octanol–water partition coefficient (Wildman–Crippen LogP) is 3.69. The van der Waals surface area contributed by atoms with Crippen LogP contribution in [0.2, 0.25) is 0 Å². The molecule has 3 heteroatoms. The quantitative estimate of drug-likeness (QED) is 0.740. The van der Waals surface area contributed by atoms with E-state index in [9.17, 15) is 0 Å². The number of hydrogen-bond donors (Lipinski definition) is 0. The SMILES string of the molecule is CCC(C)N1CCCCC1.CCCCN1CCN(CC)CC1. The molecule has 2 aliphatic rings. The van der Waals surface area contributed by atoms with Gasteiger partial charge < -0.3 is 14.7 Å². The maximum absolute atomic E-state index is 2.61. The standard InChI is InChI=1S/C10H22N2.C9H19N/c1-3-5-6-12-9-7-11(4-2)8-10-12;1-3-9(2)10-7-5-4-6-8-10/h3-10H2,1-2H3;9H,3-8H2,1-2H3. The van der Waals surface area contributed by atoms with Crippen LogP contribution in [0.4, 0.5) is 0 Å². The molecule has 0 amide bonds. The molecule has 1 atom stereocenters. The Balaban J connectivity index is 0.000000224. The zero-order valence-electron chi connectivity index (χ0n) is 15.8. The van der Waals surface area contributed by atoms with Crippen LogP contribution in [0.5, 0.6) is 0 Å². The third-order valence-corrected chi connectivity index (χ3v) is 5.34. The highest BCUT2D eigenvalue weighted by atomic mass is 15.3. The molecule has 2 rings (SSSR count). The molecule has 2 fully saturated rings. The highest BCUT2D eigenvalue weighted by Crippen LogP contribution is 2.13. The van der Waals surface area contributed by atoms with Gasteiger partial charge in [-0.3, -0.25) is 0 Å². The van der Waals surface area contributed by atoms with Gasteiger partial charge in [0.05, 0.1) is 0 Å². The highest BCUT2D eigenvalue weighted by molar-refractivity contribution is 4.70. The molecule has 0 spiro atoms. The molecule has 132 valence electrons. The van der Waals surface area contributed by atoms with Crippen molar-refractivity contribution in [2.24, 2.45) is 0 Å². The second kappa shape index (κ2) is 12.3. The van der Waals surface area contributed by atoms with Gasteiger partial charge in [0.15, 0.2) is 0 Å². The van der Waals surface area contributed by atoms with E-state index >= 15 is 0 Å². The molecular formula is C19H41N3. The molecule has 3 nitrogen and oxygen atoms in total. The van der Waals surface area contributed by atoms with Crippen molar-refractivity contribution in [1.82, 2.24) is 14.7 Å². The summed E-state index contributed by atoms with van der Waals surface area (Å²) in [5.41, 5.74) is 0. The van der Waals surface area contributed by atoms with E-state index in [1.165, 1.54) is 90.9 Å². The van der Waals surface area contributed by atoms with Crippen LogP contribution >= 0.6 is 0 Å². The lowest BCUT2D eigenvalue weighted by molar-refractivity contribution is 0.136. The molecule has 0 saturated carbocycles. The van der Waals surface area contributed by atoms with Gasteiger partial charge in [-0.05, 0) is 58.8 Å². The summed E-state index contributed by atoms with van der Waals surface area (Å²) < 4.78 is 0. The van der Waals surface area contributed by atoms with Crippen LogP contribution in [0, 0.1) is 0 Å². The third kappa shape index (κ3) is 7.94. The summed E-state index contributed by atoms with van der Waals surface area (Å²) in [6.07, 6.45) is 8.29. The number of hydrogen-bond acceptors (Lipinski definition) is 3. The zero-order chi connectivity index (χ0) is 16.2. The van der Waals surface area contributed by atoms with Gasteiger partial charge in [-0.1, -0.05) is 33.6 Å². The molecule has 0 radical (unpaired) electrons. The Morgan fingerprint density at radius 2 is 1.36 bits per heavy atom. The van der Waals surface area contributed by atoms with Gasteiger partial charge in [0.1, 0.15) is 0 Å². The number of nitrogens with zero attached hydrogens (tertiary/aromatic N) is 3. The van der Waals surface area contributed by atoms with Gasteiger partial charge in [-0.2, -0.15) is 0 Å². The smallest absolute Gasteiger partial charge is 0.0110 e. The number of unbranched alkanes of at least 4 members (excludes halogenated alkanes) is 1. The molecule has 0 N–H and O–H groups in total. The molecule has 2 aliphatic heterocycles. The minimum Gasteiger partial charge on any atom is -0.301 e. The van der Waals surface area contributed by atoms with E-state index in [0.29, 0.717) is 0 Å². The summed E-state index contributed by atoms with van der Waals surface area (Å²) >= 11 is 0. The molecule has 0 aromatic heterocycles. The normalized spacial score (nSPS) is 22.9. The monoisotopic (exact) mass is 311 g/mol. The van der Waals surface area contributed by atoms with Crippen LogP contribution < -0.4 is 0 Å². The molecular weight excluding hydrogens is 270 g/mol. The van der Waals surface area contributed by atoms with E-state index in [2.05, 4.69) is 42.4 Å². The van der Waals surface area contributed by atoms with Gasteiger partial charge in [-0.25, -0.2) is 0 Å². The van der Waals surface area contributed by atoms with Crippen molar-refractivity contribution in [2.75, 3.05) is 52.4 Å². The molecule has 2 saturated heterocycles. The minimum atomic E-state index is 0.820. The molecule has 2 heterocycles. The van der Waals surface area contributed by atoms with Crippen LogP contribution in [0.25, 0.3) is 0 Å². The average Bonchev–Trinajstić information content (AvgIpc) is 2.61. The third-order valence-electron chi connectivity index (χ3n) is 5.34. The lowest BCUT2D eigenvalue weighted by Gasteiger charge is -2.33. The summed E-state index contributed by atoms with van der Waals surface area (Å²) in [7, 11) is 0. The topological polar surface area (TPSA) is 9.72 Å². The fourth-order valence-electron chi connectivity index (χ4n) is 3.33. The second-order valence-electron chi connectivity index (χ2n) is 6.98. The van der Waals surface area contributed by atoms with Gasteiger partial charge >= 0.3 is 0 Å². The number of rotatable bonds is 6. The maximum Gasteiger partial charge on any atom is 0.0110 e. The molecule has 0 aromatic carbocycles. The maximum atomic E-state index is 2.61. The number of piperidine rings is 1. The van der Waals surface area contributed by atoms with Crippen LogP contribution in [-0.2, 0) is 0 Å². The number of piperazine rings is 1. The Morgan fingerprint density at radius 1 is 0.773 bits per heavy atom. The predicted molar refractivity (Wildman–Crippen MR) is 98.6 cm³/mol. The lowest BCUT2D eigenvalue weighted by Crippen LogP contribution is -2.46. The first-order valence-corrected chi connectivity index (χ1v) is 9.89. The van der Waals surface area contributed by atoms with Crippen molar-refractivity contribution in [3.05, 3.63) is 0 Å². The molecule has 0 bridgehead atoms. The first kappa shape index (κ1) is 19.9. The first-order valence-electron chi connectivity index (χ1n) is 9.89. The summed E-state index contributed by atoms with van der Waals surface area (Å²) in [5.74, 6) is 0. The lowest BCUT2D eigenvalue weighted by atomic mass is 10.1. The van der Waals surface area contributed by atoms with E-state index in [4.69, 9.17) is 0 Å². The van der Waals surface area contributed by atoms with Crippen LogP contribution in [0.3, 0.4) is 0 Å². The van der Waals surface area contributed by atoms with Crippen LogP contribution in [0.1, 0.15) is 66.2 Å². The number of likely N-dealkylation sites (tertiary alicyclic amines) is 1. The van der Waals surface area contributed by atoms with Gasteiger partial charge in [-0.15, -0.1) is 0 Å². The summed E-state index contributed by atoms with van der Waals surface area (Å²) in [6.45, 7) is 19.5. The van der Waals surface area contributed by atoms with Gasteiger partial charge in [0.2, 0.25) is 0 Å². The summed E-state index contributed by atoms with van der Waals surface area (Å²) in [4.78, 5) is 7.74.